The van der Waals surface area contributed by atoms with E-state index in [2.05, 4.69) is 18.3 Å². The van der Waals surface area contributed by atoms with Crippen molar-refractivity contribution in [2.75, 3.05) is 32.7 Å². The number of furan rings is 1. The fourth-order valence-electron chi connectivity index (χ4n) is 4.24. The first-order valence-electron chi connectivity index (χ1n) is 9.79. The number of piperidine rings is 1. The van der Waals surface area contributed by atoms with E-state index in [9.17, 15) is 9.59 Å². The van der Waals surface area contributed by atoms with E-state index < -0.39 is 0 Å². The number of carbonyl (C=O) groups is 2. The first-order valence-corrected chi connectivity index (χ1v) is 9.79. The number of nitrogens with one attached hydrogen (secondary N) is 1. The van der Waals surface area contributed by atoms with Crippen molar-refractivity contribution in [3.8, 4) is 0 Å². The van der Waals surface area contributed by atoms with Gasteiger partial charge in [-0.2, -0.15) is 0 Å². The van der Waals surface area contributed by atoms with Crippen LogP contribution < -0.4 is 5.32 Å². The van der Waals surface area contributed by atoms with E-state index >= 15 is 0 Å². The van der Waals surface area contributed by atoms with Crippen LogP contribution in [0.25, 0.3) is 11.0 Å². The zero-order valence-electron chi connectivity index (χ0n) is 16.5. The number of amides is 2. The molecule has 4 rings (SSSR count). The van der Waals surface area contributed by atoms with Crippen LogP contribution >= 0.6 is 12.4 Å². The molecule has 1 aromatic carbocycles. The van der Waals surface area contributed by atoms with Crippen LogP contribution in [0.2, 0.25) is 0 Å². The number of hydrogen-bond donors (Lipinski definition) is 1. The normalized spacial score (nSPS) is 20.4. The third-order valence-electron chi connectivity index (χ3n) is 6.00. The lowest BCUT2D eigenvalue weighted by molar-refractivity contribution is -0.140. The van der Waals surface area contributed by atoms with Crippen LogP contribution in [0.3, 0.4) is 0 Å². The highest BCUT2D eigenvalue weighted by atomic mass is 35.5. The molecule has 2 aliphatic heterocycles. The Morgan fingerprint density at radius 3 is 2.89 bits per heavy atom. The van der Waals surface area contributed by atoms with Crippen molar-refractivity contribution in [3.05, 3.63) is 35.1 Å². The molecule has 2 amide bonds. The lowest BCUT2D eigenvalue weighted by Crippen LogP contribution is -2.57. The summed E-state index contributed by atoms with van der Waals surface area (Å²) in [5.41, 5.74) is 4.13. The number of fused-ring (bicyclic) bond motifs is 1. The van der Waals surface area contributed by atoms with Crippen LogP contribution in [-0.4, -0.2) is 60.4 Å². The van der Waals surface area contributed by atoms with Crippen LogP contribution in [0.1, 0.15) is 29.5 Å². The van der Waals surface area contributed by atoms with Crippen molar-refractivity contribution in [1.82, 2.24) is 15.1 Å². The molecular weight excluding hydrogens is 378 g/mol. The van der Waals surface area contributed by atoms with Gasteiger partial charge in [-0.3, -0.25) is 9.59 Å². The molecule has 2 aliphatic rings. The number of hydrogen-bond acceptors (Lipinski definition) is 4. The average Bonchev–Trinajstić information content (AvgIpc) is 3.08. The molecule has 1 N–H and O–H groups in total. The van der Waals surface area contributed by atoms with Crippen molar-refractivity contribution in [3.63, 3.8) is 0 Å². The second kappa shape index (κ2) is 8.53. The molecule has 0 saturated carbocycles. The van der Waals surface area contributed by atoms with Crippen molar-refractivity contribution in [1.29, 1.82) is 0 Å². The highest BCUT2D eigenvalue weighted by molar-refractivity contribution is 5.89. The minimum atomic E-state index is 0. The Kier molecular flexibility index (Phi) is 6.30. The molecular formula is C21H28ClN3O3. The van der Waals surface area contributed by atoms with Crippen LogP contribution in [0, 0.1) is 13.8 Å². The van der Waals surface area contributed by atoms with Gasteiger partial charge in [0.05, 0.1) is 19.2 Å². The highest BCUT2D eigenvalue weighted by Gasteiger charge is 2.31. The lowest BCUT2D eigenvalue weighted by Gasteiger charge is -2.41. The summed E-state index contributed by atoms with van der Waals surface area (Å²) >= 11 is 0. The molecule has 28 heavy (non-hydrogen) atoms. The monoisotopic (exact) mass is 405 g/mol. The van der Waals surface area contributed by atoms with Crippen LogP contribution in [0.15, 0.2) is 22.8 Å². The number of rotatable bonds is 3. The highest BCUT2D eigenvalue weighted by Crippen LogP contribution is 2.27. The van der Waals surface area contributed by atoms with Gasteiger partial charge in [-0.05, 0) is 37.8 Å². The fourth-order valence-corrected chi connectivity index (χ4v) is 4.24. The minimum absolute atomic E-state index is 0. The smallest absolute Gasteiger partial charge is 0.236 e. The zero-order valence-corrected chi connectivity index (χ0v) is 17.3. The predicted octanol–water partition coefficient (Wildman–Crippen LogP) is 2.44. The second-order valence-electron chi connectivity index (χ2n) is 7.72. The number of likely N-dealkylation sites (tertiary alicyclic amines) is 1. The van der Waals surface area contributed by atoms with Gasteiger partial charge in [-0.1, -0.05) is 12.1 Å². The Labute approximate surface area is 171 Å². The maximum absolute atomic E-state index is 12.9. The Morgan fingerprint density at radius 1 is 1.29 bits per heavy atom. The summed E-state index contributed by atoms with van der Waals surface area (Å²) in [6, 6.07) is 4.26. The number of aryl methyl sites for hydroxylation is 2. The van der Waals surface area contributed by atoms with Gasteiger partial charge in [-0.15, -0.1) is 12.4 Å². The number of benzene rings is 1. The second-order valence-corrected chi connectivity index (χ2v) is 7.72. The third-order valence-corrected chi connectivity index (χ3v) is 6.00. The minimum Gasteiger partial charge on any atom is -0.464 e. The summed E-state index contributed by atoms with van der Waals surface area (Å²) in [6.07, 6.45) is 3.98. The predicted molar refractivity (Wildman–Crippen MR) is 111 cm³/mol. The molecule has 1 unspecified atom stereocenters. The van der Waals surface area contributed by atoms with E-state index in [0.717, 1.165) is 54.6 Å². The topological polar surface area (TPSA) is 65.8 Å². The van der Waals surface area contributed by atoms with Gasteiger partial charge in [0, 0.05) is 43.2 Å². The van der Waals surface area contributed by atoms with Gasteiger partial charge in [0.25, 0.3) is 0 Å². The number of carbonyl (C=O) groups excluding carboxylic acids is 2. The SMILES string of the molecule is Cc1ccc2c(CC(=O)N3CCCC(N4CCNCC4=O)C3)coc2c1C.Cl. The summed E-state index contributed by atoms with van der Waals surface area (Å²) in [7, 11) is 0. The summed E-state index contributed by atoms with van der Waals surface area (Å²) in [5.74, 6) is 0.260. The van der Waals surface area contributed by atoms with Crippen molar-refractivity contribution >= 4 is 35.2 Å². The zero-order chi connectivity index (χ0) is 19.0. The average molecular weight is 406 g/mol. The van der Waals surface area contributed by atoms with Gasteiger partial charge in [0.2, 0.25) is 11.8 Å². The van der Waals surface area contributed by atoms with Crippen LogP contribution in [0.4, 0.5) is 0 Å². The number of piperazine rings is 1. The van der Waals surface area contributed by atoms with Crippen molar-refractivity contribution in [2.45, 2.75) is 39.2 Å². The molecule has 1 atom stereocenters. The van der Waals surface area contributed by atoms with E-state index in [1.165, 1.54) is 5.56 Å². The van der Waals surface area contributed by atoms with Gasteiger partial charge in [0.15, 0.2) is 0 Å². The van der Waals surface area contributed by atoms with E-state index in [0.29, 0.717) is 19.5 Å². The van der Waals surface area contributed by atoms with E-state index in [1.54, 1.807) is 6.26 Å². The molecule has 0 spiro atoms. The third kappa shape index (κ3) is 3.89. The summed E-state index contributed by atoms with van der Waals surface area (Å²) < 4.78 is 5.75. The van der Waals surface area contributed by atoms with Crippen molar-refractivity contribution < 1.29 is 14.0 Å². The Bertz CT molecular complexity index is 879. The Morgan fingerprint density at radius 2 is 2.11 bits per heavy atom. The molecule has 3 heterocycles. The van der Waals surface area contributed by atoms with E-state index in [1.807, 2.05) is 22.8 Å². The molecule has 2 fully saturated rings. The van der Waals surface area contributed by atoms with E-state index in [-0.39, 0.29) is 30.3 Å². The maximum atomic E-state index is 12.9. The molecule has 0 aliphatic carbocycles. The molecule has 1 aromatic heterocycles. The molecule has 0 bridgehead atoms. The van der Waals surface area contributed by atoms with Gasteiger partial charge < -0.3 is 19.5 Å². The molecule has 0 radical (unpaired) electrons. The first-order chi connectivity index (χ1) is 13.0. The number of nitrogens with zero attached hydrogens (tertiary/aromatic N) is 2. The number of halogens is 1. The van der Waals surface area contributed by atoms with Crippen LogP contribution in [-0.2, 0) is 16.0 Å². The van der Waals surface area contributed by atoms with Gasteiger partial charge in [0.1, 0.15) is 5.58 Å². The Balaban J connectivity index is 0.00000225. The summed E-state index contributed by atoms with van der Waals surface area (Å²) in [4.78, 5) is 29.0. The molecule has 7 heteroatoms. The summed E-state index contributed by atoms with van der Waals surface area (Å²) in [5, 5.41) is 4.14. The van der Waals surface area contributed by atoms with Gasteiger partial charge in [-0.25, -0.2) is 0 Å². The molecule has 2 saturated heterocycles. The Hall–Kier alpha value is -2.05. The molecule has 2 aromatic rings. The molecule has 6 nitrogen and oxygen atoms in total. The largest absolute Gasteiger partial charge is 0.464 e. The standard InChI is InChI=1S/C21H27N3O3.ClH/c1-14-5-6-18-16(13-27-21(18)15(14)2)10-19(25)23-8-3-4-17(12-23)24-9-7-22-11-20(24)26;/h5-6,13,17,22H,3-4,7-12H2,1-2H3;1H. The van der Waals surface area contributed by atoms with Crippen molar-refractivity contribution in [2.24, 2.45) is 0 Å². The first kappa shape index (κ1) is 20.7. The maximum Gasteiger partial charge on any atom is 0.236 e. The van der Waals surface area contributed by atoms with Crippen LogP contribution in [0.5, 0.6) is 0 Å². The lowest BCUT2D eigenvalue weighted by atomic mass is 10.0. The van der Waals surface area contributed by atoms with E-state index in [4.69, 9.17) is 4.42 Å². The summed E-state index contributed by atoms with van der Waals surface area (Å²) in [6.45, 7) is 7.48. The molecule has 152 valence electrons. The fraction of sp³-hybridized carbons (Fsp3) is 0.524. The van der Waals surface area contributed by atoms with Gasteiger partial charge >= 0.3 is 0 Å². The quantitative estimate of drug-likeness (QED) is 0.851.